The maximum absolute atomic E-state index is 13.5. The van der Waals surface area contributed by atoms with E-state index in [2.05, 4.69) is 0 Å². The van der Waals surface area contributed by atoms with Crippen LogP contribution in [0.25, 0.3) is 16.7 Å². The topological polar surface area (TPSA) is 81.0 Å². The van der Waals surface area contributed by atoms with E-state index in [1.807, 2.05) is 42.1 Å². The molecule has 1 aromatic heterocycles. The van der Waals surface area contributed by atoms with Crippen LogP contribution in [-0.4, -0.2) is 35.6 Å². The number of ketones is 1. The summed E-state index contributed by atoms with van der Waals surface area (Å²) in [6.45, 7) is 0. The third-order valence-electron chi connectivity index (χ3n) is 6.41. The van der Waals surface area contributed by atoms with Crippen LogP contribution in [0.3, 0.4) is 0 Å². The van der Waals surface area contributed by atoms with Gasteiger partial charge in [0.15, 0.2) is 11.5 Å². The number of Topliss-reactive ketones (excluding diaryl/α,β-unsaturated/α-hetero) is 1. The molecular weight excluding hydrogens is 480 g/mol. The molecular formula is C28H23ClN2O5. The molecule has 1 aliphatic rings. The van der Waals surface area contributed by atoms with Gasteiger partial charge in [0.2, 0.25) is 0 Å². The van der Waals surface area contributed by atoms with Gasteiger partial charge in [-0.25, -0.2) is 0 Å². The Bertz CT molecular complexity index is 1550. The van der Waals surface area contributed by atoms with Crippen LogP contribution in [0.2, 0.25) is 5.02 Å². The molecule has 1 N–H and O–H groups in total. The number of aryl methyl sites for hydroxylation is 1. The van der Waals surface area contributed by atoms with E-state index in [1.165, 1.54) is 19.1 Å². The maximum Gasteiger partial charge on any atom is 0.300 e. The highest BCUT2D eigenvalue weighted by Crippen LogP contribution is 2.45. The van der Waals surface area contributed by atoms with Crippen LogP contribution in [0.1, 0.15) is 17.2 Å². The number of halogens is 1. The first kappa shape index (κ1) is 23.5. The number of methoxy groups -OCH3 is 2. The number of aromatic nitrogens is 1. The smallest absolute Gasteiger partial charge is 0.300 e. The number of benzene rings is 3. The fourth-order valence-corrected chi connectivity index (χ4v) is 4.93. The van der Waals surface area contributed by atoms with Crippen LogP contribution in [0, 0.1) is 0 Å². The second-order valence-electron chi connectivity index (χ2n) is 8.43. The number of carbonyl (C=O) groups is 2. The van der Waals surface area contributed by atoms with Gasteiger partial charge in [0, 0.05) is 46.0 Å². The number of nitrogens with zero attached hydrogens (tertiary/aromatic N) is 2. The fraction of sp³-hybridized carbons (Fsp3) is 0.143. The lowest BCUT2D eigenvalue weighted by Crippen LogP contribution is -2.29. The van der Waals surface area contributed by atoms with E-state index in [-0.39, 0.29) is 11.3 Å². The van der Waals surface area contributed by atoms with E-state index >= 15 is 0 Å². The Morgan fingerprint density at radius 1 is 0.944 bits per heavy atom. The normalized spacial score (nSPS) is 17.1. The van der Waals surface area contributed by atoms with Gasteiger partial charge in [-0.05, 0) is 42.5 Å². The number of anilines is 1. The Hall–Kier alpha value is -4.23. The zero-order valence-corrected chi connectivity index (χ0v) is 20.6. The minimum Gasteiger partial charge on any atom is -0.507 e. The number of aliphatic hydroxyl groups is 1. The predicted molar refractivity (Wildman–Crippen MR) is 139 cm³/mol. The molecule has 0 aliphatic carbocycles. The maximum atomic E-state index is 13.5. The van der Waals surface area contributed by atoms with Crippen molar-refractivity contribution in [3.05, 3.63) is 94.6 Å². The summed E-state index contributed by atoms with van der Waals surface area (Å²) in [6, 6.07) is 18.4. The first-order valence-electron chi connectivity index (χ1n) is 11.2. The standard InChI is InChI=1S/C28H23ClN2O5/c1-30-15-20(19-9-4-5-10-21(19)30)25-24(26(32)16-11-12-22(35-2)23(13-16)36-3)27(33)28(34)31(25)18-8-6-7-17(29)14-18/h4-15,25,32H,1-3H3/b26-24+. The van der Waals surface area contributed by atoms with Crippen LogP contribution < -0.4 is 14.4 Å². The van der Waals surface area contributed by atoms with Crippen molar-refractivity contribution in [3.8, 4) is 11.5 Å². The lowest BCUT2D eigenvalue weighted by atomic mass is 9.94. The van der Waals surface area contributed by atoms with Crippen LogP contribution >= 0.6 is 11.6 Å². The van der Waals surface area contributed by atoms with Crippen molar-refractivity contribution in [2.45, 2.75) is 6.04 Å². The SMILES string of the molecule is COc1ccc(/C(O)=C2\C(=O)C(=O)N(c3cccc(Cl)c3)C2c2cn(C)c3ccccc23)cc1OC. The van der Waals surface area contributed by atoms with Crippen molar-refractivity contribution < 1.29 is 24.2 Å². The summed E-state index contributed by atoms with van der Waals surface area (Å²) in [6.07, 6.45) is 1.88. The number of rotatable bonds is 5. The lowest BCUT2D eigenvalue weighted by Gasteiger charge is -2.25. The summed E-state index contributed by atoms with van der Waals surface area (Å²) in [5, 5.41) is 12.8. The van der Waals surface area contributed by atoms with Gasteiger partial charge in [0.05, 0.1) is 25.8 Å². The van der Waals surface area contributed by atoms with E-state index < -0.39 is 17.7 Å². The van der Waals surface area contributed by atoms with E-state index in [4.69, 9.17) is 21.1 Å². The summed E-state index contributed by atoms with van der Waals surface area (Å²) in [4.78, 5) is 28.3. The zero-order valence-electron chi connectivity index (χ0n) is 19.9. The van der Waals surface area contributed by atoms with Crippen molar-refractivity contribution in [1.82, 2.24) is 4.57 Å². The van der Waals surface area contributed by atoms with Gasteiger partial charge >= 0.3 is 0 Å². The number of hydrogen-bond acceptors (Lipinski definition) is 5. The number of para-hydroxylation sites is 1. The average molecular weight is 503 g/mol. The fourth-order valence-electron chi connectivity index (χ4n) is 4.75. The average Bonchev–Trinajstić information content (AvgIpc) is 3.36. The highest BCUT2D eigenvalue weighted by Gasteiger charge is 2.48. The number of amides is 1. The number of aliphatic hydroxyl groups excluding tert-OH is 1. The highest BCUT2D eigenvalue weighted by atomic mass is 35.5. The van der Waals surface area contributed by atoms with Crippen LogP contribution in [-0.2, 0) is 16.6 Å². The predicted octanol–water partition coefficient (Wildman–Crippen LogP) is 5.48. The summed E-state index contributed by atoms with van der Waals surface area (Å²) in [7, 11) is 4.88. The van der Waals surface area contributed by atoms with E-state index in [0.717, 1.165) is 10.9 Å². The van der Waals surface area contributed by atoms with E-state index in [9.17, 15) is 14.7 Å². The molecule has 1 atom stereocenters. The van der Waals surface area contributed by atoms with Crippen LogP contribution in [0.5, 0.6) is 11.5 Å². The largest absolute Gasteiger partial charge is 0.507 e. The molecule has 1 saturated heterocycles. The Balaban J connectivity index is 1.79. The Morgan fingerprint density at radius 3 is 2.42 bits per heavy atom. The van der Waals surface area contributed by atoms with E-state index in [0.29, 0.717) is 33.3 Å². The summed E-state index contributed by atoms with van der Waals surface area (Å²) in [5.74, 6) is -0.999. The van der Waals surface area contributed by atoms with Crippen molar-refractivity contribution >= 4 is 45.6 Å². The first-order valence-corrected chi connectivity index (χ1v) is 11.6. The van der Waals surface area contributed by atoms with E-state index in [1.54, 1.807) is 42.5 Å². The van der Waals surface area contributed by atoms with Gasteiger partial charge in [-0.1, -0.05) is 35.9 Å². The summed E-state index contributed by atoms with van der Waals surface area (Å²) in [5.41, 5.74) is 2.38. The molecule has 0 bridgehead atoms. The third kappa shape index (κ3) is 3.69. The van der Waals surface area contributed by atoms with Gasteiger partial charge in [-0.3, -0.25) is 14.5 Å². The van der Waals surface area contributed by atoms with Crippen LogP contribution in [0.15, 0.2) is 78.5 Å². The summed E-state index contributed by atoms with van der Waals surface area (Å²) >= 11 is 6.24. The van der Waals surface area contributed by atoms with Gasteiger partial charge in [0.1, 0.15) is 5.76 Å². The minimum atomic E-state index is -0.886. The quantitative estimate of drug-likeness (QED) is 0.222. The monoisotopic (exact) mass is 502 g/mol. The molecule has 1 fully saturated rings. The zero-order chi connectivity index (χ0) is 25.6. The molecule has 0 spiro atoms. The number of hydrogen-bond donors (Lipinski definition) is 1. The molecule has 1 unspecified atom stereocenters. The molecule has 7 nitrogen and oxygen atoms in total. The second-order valence-corrected chi connectivity index (χ2v) is 8.87. The second kappa shape index (κ2) is 9.09. The molecule has 1 aliphatic heterocycles. The van der Waals surface area contributed by atoms with Crippen molar-refractivity contribution in [3.63, 3.8) is 0 Å². The molecule has 0 radical (unpaired) electrons. The highest BCUT2D eigenvalue weighted by molar-refractivity contribution is 6.52. The molecule has 3 aromatic carbocycles. The van der Waals surface area contributed by atoms with Gasteiger partial charge in [-0.15, -0.1) is 0 Å². The first-order chi connectivity index (χ1) is 17.3. The molecule has 5 rings (SSSR count). The van der Waals surface area contributed by atoms with Gasteiger partial charge < -0.3 is 19.1 Å². The molecule has 1 amide bonds. The number of fused-ring (bicyclic) bond motifs is 1. The minimum absolute atomic E-state index is 0.0245. The molecule has 0 saturated carbocycles. The van der Waals surface area contributed by atoms with Crippen molar-refractivity contribution in [1.29, 1.82) is 0 Å². The van der Waals surface area contributed by atoms with Crippen molar-refractivity contribution in [2.75, 3.05) is 19.1 Å². The molecule has 4 aromatic rings. The van der Waals surface area contributed by atoms with Crippen LogP contribution in [0.4, 0.5) is 5.69 Å². The van der Waals surface area contributed by atoms with Gasteiger partial charge in [-0.2, -0.15) is 0 Å². The van der Waals surface area contributed by atoms with Gasteiger partial charge in [0.25, 0.3) is 11.7 Å². The molecule has 182 valence electrons. The molecule has 8 heteroatoms. The Morgan fingerprint density at radius 2 is 1.69 bits per heavy atom. The Kier molecular flexibility index (Phi) is 5.94. The Labute approximate surface area is 212 Å². The lowest BCUT2D eigenvalue weighted by molar-refractivity contribution is -0.132. The third-order valence-corrected chi connectivity index (χ3v) is 6.65. The molecule has 36 heavy (non-hydrogen) atoms. The summed E-state index contributed by atoms with van der Waals surface area (Å²) < 4.78 is 12.6. The van der Waals surface area contributed by atoms with Crippen molar-refractivity contribution in [2.24, 2.45) is 7.05 Å². The molecule has 2 heterocycles. The number of carbonyl (C=O) groups excluding carboxylic acids is 2. The number of ether oxygens (including phenoxy) is 2.